The van der Waals surface area contributed by atoms with Crippen LogP contribution in [0.2, 0.25) is 0 Å². The van der Waals surface area contributed by atoms with Crippen LogP contribution in [0.15, 0.2) is 23.1 Å². The van der Waals surface area contributed by atoms with Gasteiger partial charge in [-0.3, -0.25) is 0 Å². The number of aliphatic hydroxyl groups excluding tert-OH is 2. The molecule has 0 spiro atoms. The molecule has 0 saturated heterocycles. The van der Waals surface area contributed by atoms with Gasteiger partial charge >= 0.3 is 0 Å². The highest BCUT2D eigenvalue weighted by atomic mass is 32.2. The molecular formula is C10H13F2NO4S. The van der Waals surface area contributed by atoms with Crippen LogP contribution < -0.4 is 0 Å². The van der Waals surface area contributed by atoms with Crippen LogP contribution in [0.4, 0.5) is 8.78 Å². The van der Waals surface area contributed by atoms with Crippen LogP contribution in [-0.4, -0.2) is 49.2 Å². The number of sulfonamides is 1. The van der Waals surface area contributed by atoms with Crippen molar-refractivity contribution in [3.05, 3.63) is 29.8 Å². The Kier molecular flexibility index (Phi) is 5.15. The second-order valence-corrected chi connectivity index (χ2v) is 5.33. The molecule has 0 unspecified atom stereocenters. The molecule has 2 N–H and O–H groups in total. The van der Waals surface area contributed by atoms with Crippen LogP contribution in [0.1, 0.15) is 0 Å². The van der Waals surface area contributed by atoms with Crippen molar-refractivity contribution >= 4 is 10.0 Å². The SMILES string of the molecule is O=S(=O)(c1ccc(F)cc1F)N(CCO)CCO. The highest BCUT2D eigenvalue weighted by Crippen LogP contribution is 2.19. The summed E-state index contributed by atoms with van der Waals surface area (Å²) >= 11 is 0. The molecule has 18 heavy (non-hydrogen) atoms. The number of nitrogens with zero attached hydrogens (tertiary/aromatic N) is 1. The lowest BCUT2D eigenvalue weighted by atomic mass is 10.3. The first-order valence-electron chi connectivity index (χ1n) is 5.10. The van der Waals surface area contributed by atoms with Crippen molar-refractivity contribution in [2.45, 2.75) is 4.90 Å². The Hall–Kier alpha value is -1.09. The Morgan fingerprint density at radius 2 is 1.67 bits per heavy atom. The highest BCUT2D eigenvalue weighted by Gasteiger charge is 2.26. The lowest BCUT2D eigenvalue weighted by Gasteiger charge is -2.20. The van der Waals surface area contributed by atoms with Gasteiger partial charge in [0.15, 0.2) is 0 Å². The van der Waals surface area contributed by atoms with Gasteiger partial charge in [0.05, 0.1) is 13.2 Å². The predicted molar refractivity (Wildman–Crippen MR) is 59.3 cm³/mol. The maximum atomic E-state index is 13.4. The zero-order chi connectivity index (χ0) is 13.8. The zero-order valence-electron chi connectivity index (χ0n) is 9.38. The van der Waals surface area contributed by atoms with Gasteiger partial charge in [-0.15, -0.1) is 0 Å². The lowest BCUT2D eigenvalue weighted by molar-refractivity contribution is 0.217. The summed E-state index contributed by atoms with van der Waals surface area (Å²) in [4.78, 5) is -0.689. The summed E-state index contributed by atoms with van der Waals surface area (Å²) < 4.78 is 50.8. The van der Waals surface area contributed by atoms with E-state index in [0.717, 1.165) is 16.4 Å². The minimum atomic E-state index is -4.20. The van der Waals surface area contributed by atoms with E-state index in [9.17, 15) is 17.2 Å². The van der Waals surface area contributed by atoms with Crippen molar-refractivity contribution < 1.29 is 27.4 Å². The Labute approximate surface area is 103 Å². The molecule has 0 atom stereocenters. The number of aliphatic hydroxyl groups is 2. The van der Waals surface area contributed by atoms with Crippen molar-refractivity contribution in [1.82, 2.24) is 4.31 Å². The van der Waals surface area contributed by atoms with Gasteiger partial charge in [-0.2, -0.15) is 4.31 Å². The first-order valence-corrected chi connectivity index (χ1v) is 6.54. The fraction of sp³-hybridized carbons (Fsp3) is 0.400. The van der Waals surface area contributed by atoms with Crippen molar-refractivity contribution in [2.24, 2.45) is 0 Å². The van der Waals surface area contributed by atoms with Gasteiger partial charge in [-0.05, 0) is 12.1 Å². The molecule has 1 aromatic carbocycles. The largest absolute Gasteiger partial charge is 0.395 e. The molecule has 0 radical (unpaired) electrons. The first kappa shape index (κ1) is 15.0. The third-order valence-corrected chi connectivity index (χ3v) is 4.14. The van der Waals surface area contributed by atoms with Crippen LogP contribution in [0.25, 0.3) is 0 Å². The minimum absolute atomic E-state index is 0.278. The Morgan fingerprint density at radius 1 is 1.11 bits per heavy atom. The average Bonchev–Trinajstić information content (AvgIpc) is 2.28. The van der Waals surface area contributed by atoms with E-state index in [1.807, 2.05) is 0 Å². The molecule has 0 aliphatic rings. The molecule has 0 bridgehead atoms. The molecule has 8 heteroatoms. The van der Waals surface area contributed by atoms with E-state index in [1.165, 1.54) is 0 Å². The van der Waals surface area contributed by atoms with Crippen LogP contribution >= 0.6 is 0 Å². The number of benzene rings is 1. The van der Waals surface area contributed by atoms with Gasteiger partial charge < -0.3 is 10.2 Å². The Balaban J connectivity index is 3.17. The van der Waals surface area contributed by atoms with Crippen LogP contribution in [0, 0.1) is 11.6 Å². The van der Waals surface area contributed by atoms with Gasteiger partial charge in [-0.1, -0.05) is 0 Å². The topological polar surface area (TPSA) is 77.8 Å². The second kappa shape index (κ2) is 6.19. The molecular weight excluding hydrogens is 268 g/mol. The summed E-state index contributed by atoms with van der Waals surface area (Å²) in [6.07, 6.45) is 0. The van der Waals surface area contributed by atoms with Crippen molar-refractivity contribution in [2.75, 3.05) is 26.3 Å². The third kappa shape index (κ3) is 3.22. The molecule has 102 valence electrons. The second-order valence-electron chi connectivity index (χ2n) is 3.43. The van der Waals surface area contributed by atoms with E-state index in [0.29, 0.717) is 6.07 Å². The summed E-state index contributed by atoms with van der Waals surface area (Å²) in [5.41, 5.74) is 0. The minimum Gasteiger partial charge on any atom is -0.395 e. The van der Waals surface area contributed by atoms with E-state index in [-0.39, 0.29) is 13.1 Å². The molecule has 0 saturated carbocycles. The van der Waals surface area contributed by atoms with Crippen molar-refractivity contribution in [1.29, 1.82) is 0 Å². The number of halogens is 2. The maximum Gasteiger partial charge on any atom is 0.246 e. The first-order chi connectivity index (χ1) is 8.43. The molecule has 5 nitrogen and oxygen atoms in total. The maximum absolute atomic E-state index is 13.4. The number of hydrogen-bond acceptors (Lipinski definition) is 4. The van der Waals surface area contributed by atoms with Gasteiger partial charge in [0, 0.05) is 19.2 Å². The summed E-state index contributed by atoms with van der Waals surface area (Å²) in [7, 11) is -4.20. The van der Waals surface area contributed by atoms with Gasteiger partial charge in [-0.25, -0.2) is 17.2 Å². The molecule has 0 aromatic heterocycles. The smallest absolute Gasteiger partial charge is 0.246 e. The Bertz CT molecular complexity index is 501. The fourth-order valence-corrected chi connectivity index (χ4v) is 2.87. The standard InChI is InChI=1S/C10H13F2NO4S/c11-8-1-2-10(9(12)7-8)18(16,17)13(3-5-14)4-6-15/h1-2,7,14-15H,3-6H2. The summed E-state index contributed by atoms with van der Waals surface area (Å²) in [6, 6.07) is 2.09. The number of hydrogen-bond donors (Lipinski definition) is 2. The molecule has 0 aliphatic heterocycles. The molecule has 0 amide bonds. The highest BCUT2D eigenvalue weighted by molar-refractivity contribution is 7.89. The molecule has 1 aromatic rings. The van der Waals surface area contributed by atoms with Crippen molar-refractivity contribution in [3.8, 4) is 0 Å². The normalized spacial score (nSPS) is 12.1. The molecule has 0 heterocycles. The quantitative estimate of drug-likeness (QED) is 0.766. The molecule has 0 aliphatic carbocycles. The summed E-state index contributed by atoms with van der Waals surface area (Å²) in [6.45, 7) is -1.50. The van der Waals surface area contributed by atoms with E-state index >= 15 is 0 Å². The van der Waals surface area contributed by atoms with E-state index in [4.69, 9.17) is 10.2 Å². The van der Waals surface area contributed by atoms with Gasteiger partial charge in [0.2, 0.25) is 10.0 Å². The molecule has 0 fully saturated rings. The number of rotatable bonds is 6. The van der Waals surface area contributed by atoms with Crippen LogP contribution in [0.5, 0.6) is 0 Å². The van der Waals surface area contributed by atoms with Crippen LogP contribution in [-0.2, 0) is 10.0 Å². The zero-order valence-corrected chi connectivity index (χ0v) is 10.2. The van der Waals surface area contributed by atoms with E-state index < -0.39 is 39.8 Å². The van der Waals surface area contributed by atoms with E-state index in [2.05, 4.69) is 0 Å². The van der Waals surface area contributed by atoms with E-state index in [1.54, 1.807) is 0 Å². The monoisotopic (exact) mass is 281 g/mol. The summed E-state index contributed by atoms with van der Waals surface area (Å²) in [5, 5.41) is 17.5. The van der Waals surface area contributed by atoms with Gasteiger partial charge in [0.25, 0.3) is 0 Å². The lowest BCUT2D eigenvalue weighted by Crippen LogP contribution is -2.36. The van der Waals surface area contributed by atoms with Crippen LogP contribution in [0.3, 0.4) is 0 Å². The average molecular weight is 281 g/mol. The summed E-state index contributed by atoms with van der Waals surface area (Å²) in [5.74, 6) is -2.10. The fourth-order valence-electron chi connectivity index (χ4n) is 1.40. The van der Waals surface area contributed by atoms with Crippen molar-refractivity contribution in [3.63, 3.8) is 0 Å². The Morgan fingerprint density at radius 3 is 2.11 bits per heavy atom. The molecule has 1 rings (SSSR count). The van der Waals surface area contributed by atoms with Gasteiger partial charge in [0.1, 0.15) is 16.5 Å². The predicted octanol–water partition coefficient (Wildman–Crippen LogP) is -0.0599. The third-order valence-electron chi connectivity index (χ3n) is 2.21.